The van der Waals surface area contributed by atoms with Gasteiger partial charge >= 0.3 is 0 Å². The maximum Gasteiger partial charge on any atom is 0.226 e. The lowest BCUT2D eigenvalue weighted by molar-refractivity contribution is -0.308. The number of imidazole rings is 1. The number of carbonyl (C=O) groups is 2. The largest absolute Gasteiger partial charge is 0.548 e. The van der Waals surface area contributed by atoms with Crippen molar-refractivity contribution < 1.29 is 14.7 Å². The Kier molecular flexibility index (Phi) is 3.43. The normalized spacial score (nSPS) is 35.9. The highest BCUT2D eigenvalue weighted by atomic mass is 16.4. The molecule has 124 valence electrons. The fourth-order valence-electron chi connectivity index (χ4n) is 5.51. The van der Waals surface area contributed by atoms with Crippen molar-refractivity contribution in [3.05, 3.63) is 18.2 Å². The Morgan fingerprint density at radius 1 is 1.26 bits per heavy atom. The van der Waals surface area contributed by atoms with E-state index in [1.165, 1.54) is 25.6 Å². The van der Waals surface area contributed by atoms with Crippen LogP contribution in [0.25, 0.3) is 0 Å². The van der Waals surface area contributed by atoms with Crippen LogP contribution in [0.2, 0.25) is 0 Å². The van der Waals surface area contributed by atoms with Crippen molar-refractivity contribution in [1.82, 2.24) is 15.3 Å². The van der Waals surface area contributed by atoms with Gasteiger partial charge < -0.3 is 20.2 Å². The number of rotatable bonds is 5. The number of aromatic nitrogens is 2. The molecule has 0 aromatic carbocycles. The molecule has 4 bridgehead atoms. The van der Waals surface area contributed by atoms with Gasteiger partial charge in [0.15, 0.2) is 0 Å². The molecular formula is C17H22N3O3-. The predicted molar refractivity (Wildman–Crippen MR) is 79.8 cm³/mol. The average molecular weight is 316 g/mol. The first-order chi connectivity index (χ1) is 11.0. The van der Waals surface area contributed by atoms with Crippen LogP contribution in [0.5, 0.6) is 0 Å². The van der Waals surface area contributed by atoms with Crippen LogP contribution < -0.4 is 10.4 Å². The van der Waals surface area contributed by atoms with Gasteiger partial charge in [0.25, 0.3) is 0 Å². The molecule has 4 saturated carbocycles. The van der Waals surface area contributed by atoms with E-state index in [2.05, 4.69) is 15.3 Å². The third-order valence-electron chi connectivity index (χ3n) is 6.09. The number of carbonyl (C=O) groups excluding carboxylic acids is 2. The fourth-order valence-corrected chi connectivity index (χ4v) is 5.51. The molecule has 1 atom stereocenters. The van der Waals surface area contributed by atoms with E-state index in [1.807, 2.05) is 0 Å². The molecule has 1 aromatic rings. The number of aromatic amines is 1. The quantitative estimate of drug-likeness (QED) is 0.821. The number of carboxylic acid groups (broad SMARTS) is 1. The standard InChI is InChI=1S/C17H23N3O3/c21-15(22)14(4-13-8-18-9-19-13)20-16(23)17-5-10-1-11(6-17)3-12(2-10)7-17/h8-12,14H,1-7H2,(H,18,19)(H,20,23)(H,21,22)/p-1/t10?,11?,12?,14-,17?/m0/s1. The van der Waals surface area contributed by atoms with E-state index < -0.39 is 12.0 Å². The summed E-state index contributed by atoms with van der Waals surface area (Å²) in [5.41, 5.74) is 0.348. The van der Waals surface area contributed by atoms with Crippen LogP contribution in [0.1, 0.15) is 44.2 Å². The first-order valence-electron chi connectivity index (χ1n) is 8.53. The molecule has 0 unspecified atom stereocenters. The molecule has 0 saturated heterocycles. The summed E-state index contributed by atoms with van der Waals surface area (Å²) in [4.78, 5) is 31.1. The summed E-state index contributed by atoms with van der Waals surface area (Å²) >= 11 is 0. The molecule has 6 nitrogen and oxygen atoms in total. The number of amides is 1. The maximum atomic E-state index is 12.9. The Bertz CT molecular complexity index is 575. The van der Waals surface area contributed by atoms with Crippen molar-refractivity contribution in [1.29, 1.82) is 0 Å². The van der Waals surface area contributed by atoms with Gasteiger partial charge in [-0.05, 0) is 56.3 Å². The minimum Gasteiger partial charge on any atom is -0.548 e. The summed E-state index contributed by atoms with van der Waals surface area (Å²) in [6, 6.07) is -1.00. The van der Waals surface area contributed by atoms with E-state index in [4.69, 9.17) is 0 Å². The van der Waals surface area contributed by atoms with Gasteiger partial charge in [-0.15, -0.1) is 0 Å². The van der Waals surface area contributed by atoms with Gasteiger partial charge in [-0.1, -0.05) is 0 Å². The molecule has 4 aliphatic carbocycles. The lowest BCUT2D eigenvalue weighted by atomic mass is 9.49. The highest BCUT2D eigenvalue weighted by molar-refractivity contribution is 5.87. The number of hydrogen-bond donors (Lipinski definition) is 2. The smallest absolute Gasteiger partial charge is 0.226 e. The second-order valence-electron chi connectivity index (χ2n) is 7.82. The minimum atomic E-state index is -1.24. The van der Waals surface area contributed by atoms with Crippen molar-refractivity contribution in [2.24, 2.45) is 23.2 Å². The Hall–Kier alpha value is -1.85. The van der Waals surface area contributed by atoms with E-state index >= 15 is 0 Å². The third-order valence-corrected chi connectivity index (χ3v) is 6.09. The Morgan fingerprint density at radius 3 is 2.35 bits per heavy atom. The third kappa shape index (κ3) is 2.64. The zero-order chi connectivity index (χ0) is 16.0. The molecular weight excluding hydrogens is 294 g/mol. The summed E-state index contributed by atoms with van der Waals surface area (Å²) in [5.74, 6) is 0.644. The van der Waals surface area contributed by atoms with Gasteiger partial charge in [0, 0.05) is 23.7 Å². The van der Waals surface area contributed by atoms with Crippen molar-refractivity contribution >= 4 is 11.9 Å². The first kappa shape index (κ1) is 14.7. The number of carboxylic acids is 1. The van der Waals surface area contributed by atoms with E-state index in [0.29, 0.717) is 23.4 Å². The van der Waals surface area contributed by atoms with Crippen molar-refractivity contribution in [2.75, 3.05) is 0 Å². The van der Waals surface area contributed by atoms with Gasteiger partial charge in [-0.25, -0.2) is 4.98 Å². The number of nitrogens with zero attached hydrogens (tertiary/aromatic N) is 1. The number of nitrogens with one attached hydrogen (secondary N) is 2. The van der Waals surface area contributed by atoms with Gasteiger partial charge in [-0.2, -0.15) is 0 Å². The van der Waals surface area contributed by atoms with Gasteiger partial charge in [0.05, 0.1) is 18.3 Å². The van der Waals surface area contributed by atoms with Crippen LogP contribution in [0.15, 0.2) is 12.5 Å². The molecule has 5 rings (SSSR count). The zero-order valence-corrected chi connectivity index (χ0v) is 13.1. The van der Waals surface area contributed by atoms with Crippen molar-refractivity contribution in [2.45, 2.75) is 51.0 Å². The summed E-state index contributed by atoms with van der Waals surface area (Å²) in [6.07, 6.45) is 9.80. The molecule has 4 fully saturated rings. The number of aliphatic carboxylic acids is 1. The summed E-state index contributed by atoms with van der Waals surface area (Å²) in [7, 11) is 0. The monoisotopic (exact) mass is 316 g/mol. The number of hydrogen-bond acceptors (Lipinski definition) is 4. The second-order valence-corrected chi connectivity index (χ2v) is 7.82. The molecule has 6 heteroatoms. The first-order valence-corrected chi connectivity index (χ1v) is 8.53. The Labute approximate surface area is 135 Å². The highest BCUT2D eigenvalue weighted by Crippen LogP contribution is 2.60. The molecule has 23 heavy (non-hydrogen) atoms. The molecule has 2 N–H and O–H groups in total. The highest BCUT2D eigenvalue weighted by Gasteiger charge is 2.54. The molecule has 1 heterocycles. The van der Waals surface area contributed by atoms with Crippen molar-refractivity contribution in [3.63, 3.8) is 0 Å². The van der Waals surface area contributed by atoms with Gasteiger partial charge in [-0.3, -0.25) is 4.79 Å². The molecule has 1 amide bonds. The lowest BCUT2D eigenvalue weighted by Crippen LogP contribution is -2.58. The van der Waals surface area contributed by atoms with Gasteiger partial charge in [0.2, 0.25) is 5.91 Å². The fraction of sp³-hybridized carbons (Fsp3) is 0.706. The van der Waals surface area contributed by atoms with Crippen LogP contribution in [-0.2, 0) is 16.0 Å². The van der Waals surface area contributed by atoms with Crippen LogP contribution in [0.4, 0.5) is 0 Å². The summed E-state index contributed by atoms with van der Waals surface area (Å²) < 4.78 is 0. The van der Waals surface area contributed by atoms with Crippen LogP contribution in [0.3, 0.4) is 0 Å². The van der Waals surface area contributed by atoms with E-state index in [-0.39, 0.29) is 17.7 Å². The molecule has 0 spiro atoms. The van der Waals surface area contributed by atoms with Crippen LogP contribution >= 0.6 is 0 Å². The summed E-state index contributed by atoms with van der Waals surface area (Å²) in [6.45, 7) is 0. The van der Waals surface area contributed by atoms with E-state index in [0.717, 1.165) is 19.3 Å². The predicted octanol–water partition coefficient (Wildman–Crippen LogP) is 0.403. The van der Waals surface area contributed by atoms with Crippen molar-refractivity contribution in [3.8, 4) is 0 Å². The maximum absolute atomic E-state index is 12.9. The lowest BCUT2D eigenvalue weighted by Gasteiger charge is -2.55. The average Bonchev–Trinajstić information content (AvgIpc) is 2.98. The Morgan fingerprint density at radius 2 is 1.87 bits per heavy atom. The molecule has 4 aliphatic rings. The summed E-state index contributed by atoms with van der Waals surface area (Å²) in [5, 5.41) is 14.2. The molecule has 1 aromatic heterocycles. The van der Waals surface area contributed by atoms with E-state index in [9.17, 15) is 14.7 Å². The topological polar surface area (TPSA) is 97.9 Å². The zero-order valence-electron chi connectivity index (χ0n) is 13.1. The van der Waals surface area contributed by atoms with E-state index in [1.54, 1.807) is 6.20 Å². The van der Waals surface area contributed by atoms with Gasteiger partial charge in [0.1, 0.15) is 0 Å². The van der Waals surface area contributed by atoms with Crippen LogP contribution in [-0.4, -0.2) is 27.9 Å². The Balaban J connectivity index is 1.48. The molecule has 0 aliphatic heterocycles. The van der Waals surface area contributed by atoms with Crippen LogP contribution in [0, 0.1) is 23.2 Å². The number of H-pyrrole nitrogens is 1. The molecule has 0 radical (unpaired) electrons. The minimum absolute atomic E-state index is 0.0784. The SMILES string of the molecule is O=C([O-])[C@H](Cc1cnc[nH]1)NC(=O)C12CC3CC(CC(C3)C1)C2. The second kappa shape index (κ2) is 5.35.